The molecule has 0 fully saturated rings. The zero-order valence-electron chi connectivity index (χ0n) is 12.4. The number of hydrogen-bond acceptors (Lipinski definition) is 5. The molecule has 0 bridgehead atoms. The van der Waals surface area contributed by atoms with E-state index in [9.17, 15) is 14.4 Å². The predicted octanol–water partition coefficient (Wildman–Crippen LogP) is 3.13. The summed E-state index contributed by atoms with van der Waals surface area (Å²) in [6, 6.07) is 7.50. The van der Waals surface area contributed by atoms with Gasteiger partial charge in [-0.1, -0.05) is 23.2 Å². The summed E-state index contributed by atoms with van der Waals surface area (Å²) in [4.78, 5) is 35.1. The van der Waals surface area contributed by atoms with Crippen LogP contribution < -0.4 is 5.32 Å². The zero-order valence-corrected chi connectivity index (χ0v) is 13.9. The van der Waals surface area contributed by atoms with E-state index in [-0.39, 0.29) is 29.3 Å². The molecular formula is C16H13Cl2NO5. The van der Waals surface area contributed by atoms with Crippen LogP contribution in [0.5, 0.6) is 0 Å². The van der Waals surface area contributed by atoms with Crippen molar-refractivity contribution in [1.82, 2.24) is 5.32 Å². The Kier molecular flexibility index (Phi) is 6.40. The number of carbonyl (C=O) groups excluding carboxylic acids is 3. The van der Waals surface area contributed by atoms with Crippen molar-refractivity contribution in [1.29, 1.82) is 0 Å². The van der Waals surface area contributed by atoms with Crippen LogP contribution in [0.3, 0.4) is 0 Å². The van der Waals surface area contributed by atoms with Gasteiger partial charge in [0.25, 0.3) is 5.91 Å². The van der Waals surface area contributed by atoms with E-state index in [1.807, 2.05) is 0 Å². The molecule has 1 N–H and O–H groups in total. The third kappa shape index (κ3) is 5.11. The molecule has 0 saturated carbocycles. The topological polar surface area (TPSA) is 85.6 Å². The van der Waals surface area contributed by atoms with Gasteiger partial charge in [0.1, 0.15) is 0 Å². The number of hydrogen-bond donors (Lipinski definition) is 1. The van der Waals surface area contributed by atoms with Crippen molar-refractivity contribution in [3.8, 4) is 0 Å². The van der Waals surface area contributed by atoms with Gasteiger partial charge in [-0.2, -0.15) is 0 Å². The number of nitrogens with one attached hydrogen (secondary N) is 1. The molecule has 0 radical (unpaired) electrons. The molecule has 1 heterocycles. The van der Waals surface area contributed by atoms with Crippen LogP contribution in [0.4, 0.5) is 0 Å². The summed E-state index contributed by atoms with van der Waals surface area (Å²) in [6.07, 6.45) is 1.30. The minimum Gasteiger partial charge on any atom is -0.459 e. The number of Topliss-reactive ketones (excluding diaryl/α,β-unsaturated/α-hetero) is 1. The van der Waals surface area contributed by atoms with Crippen LogP contribution in [0.1, 0.15) is 27.3 Å². The fraction of sp³-hybridized carbons (Fsp3) is 0.188. The van der Waals surface area contributed by atoms with E-state index in [0.29, 0.717) is 5.02 Å². The lowest BCUT2D eigenvalue weighted by Gasteiger charge is -2.06. The highest BCUT2D eigenvalue weighted by Gasteiger charge is 2.14. The maximum Gasteiger partial charge on any atom is 0.308 e. The van der Waals surface area contributed by atoms with Crippen molar-refractivity contribution < 1.29 is 23.5 Å². The van der Waals surface area contributed by atoms with E-state index in [0.717, 1.165) is 0 Å². The van der Waals surface area contributed by atoms with E-state index >= 15 is 0 Å². The molecule has 2 rings (SSSR count). The minimum atomic E-state index is -0.617. The number of rotatable bonds is 7. The first-order chi connectivity index (χ1) is 11.5. The number of esters is 1. The number of ether oxygens (including phenoxy) is 1. The van der Waals surface area contributed by atoms with Gasteiger partial charge < -0.3 is 14.5 Å². The van der Waals surface area contributed by atoms with Gasteiger partial charge in [0, 0.05) is 17.1 Å². The Bertz CT molecular complexity index is 743. The first-order valence-electron chi connectivity index (χ1n) is 6.93. The summed E-state index contributed by atoms with van der Waals surface area (Å²) in [5, 5.41) is 3.09. The second kappa shape index (κ2) is 8.52. The van der Waals surface area contributed by atoms with Crippen LogP contribution >= 0.6 is 23.2 Å². The summed E-state index contributed by atoms with van der Waals surface area (Å²) >= 11 is 11.7. The summed E-state index contributed by atoms with van der Waals surface area (Å²) in [5.74, 6) is -1.34. The molecule has 0 spiro atoms. The maximum absolute atomic E-state index is 11.9. The molecule has 2 aromatic rings. The molecule has 0 aliphatic carbocycles. The SMILES string of the molecule is O=C(CCNC(=O)c1ccco1)OCC(=O)c1ccc(Cl)cc1Cl. The number of amides is 1. The lowest BCUT2D eigenvalue weighted by Crippen LogP contribution is -2.26. The number of ketones is 1. The molecule has 0 atom stereocenters. The molecule has 0 unspecified atom stereocenters. The van der Waals surface area contributed by atoms with Crippen molar-refractivity contribution in [3.05, 3.63) is 58.0 Å². The van der Waals surface area contributed by atoms with Crippen molar-refractivity contribution in [3.63, 3.8) is 0 Å². The maximum atomic E-state index is 11.9. The lowest BCUT2D eigenvalue weighted by molar-refractivity contribution is -0.142. The van der Waals surface area contributed by atoms with E-state index in [2.05, 4.69) is 5.32 Å². The molecule has 1 amide bonds. The Morgan fingerprint density at radius 2 is 1.96 bits per heavy atom. The third-order valence-electron chi connectivity index (χ3n) is 2.96. The fourth-order valence-corrected chi connectivity index (χ4v) is 2.30. The second-order valence-corrected chi connectivity index (χ2v) is 5.53. The van der Waals surface area contributed by atoms with E-state index < -0.39 is 24.3 Å². The van der Waals surface area contributed by atoms with Gasteiger partial charge in [0.05, 0.1) is 17.7 Å². The molecular weight excluding hydrogens is 357 g/mol. The summed E-state index contributed by atoms with van der Waals surface area (Å²) in [5.41, 5.74) is 0.222. The standard InChI is InChI=1S/C16H13Cl2NO5/c17-10-3-4-11(12(18)8-10)13(20)9-24-15(21)5-6-19-16(22)14-2-1-7-23-14/h1-4,7-8H,5-6,9H2,(H,19,22). The van der Waals surface area contributed by atoms with E-state index in [1.54, 1.807) is 6.07 Å². The summed E-state index contributed by atoms with van der Waals surface area (Å²) in [6.45, 7) is -0.374. The second-order valence-electron chi connectivity index (χ2n) is 4.69. The third-order valence-corrected chi connectivity index (χ3v) is 3.50. The summed E-state index contributed by atoms with van der Waals surface area (Å²) < 4.78 is 9.77. The molecule has 0 saturated heterocycles. The molecule has 126 valence electrons. The zero-order chi connectivity index (χ0) is 17.5. The molecule has 1 aromatic heterocycles. The van der Waals surface area contributed by atoms with E-state index in [1.165, 1.54) is 30.5 Å². The Morgan fingerprint density at radius 3 is 2.62 bits per heavy atom. The van der Waals surface area contributed by atoms with Gasteiger partial charge in [-0.05, 0) is 30.3 Å². The fourth-order valence-electron chi connectivity index (χ4n) is 1.78. The average Bonchev–Trinajstić information content (AvgIpc) is 3.07. The lowest BCUT2D eigenvalue weighted by atomic mass is 10.1. The van der Waals surface area contributed by atoms with Crippen LogP contribution in [0.25, 0.3) is 0 Å². The van der Waals surface area contributed by atoms with E-state index in [4.69, 9.17) is 32.4 Å². The number of benzene rings is 1. The smallest absolute Gasteiger partial charge is 0.308 e. The Morgan fingerprint density at radius 1 is 1.17 bits per heavy atom. The predicted molar refractivity (Wildman–Crippen MR) is 87.4 cm³/mol. The Hall–Kier alpha value is -2.31. The van der Waals surface area contributed by atoms with Gasteiger partial charge >= 0.3 is 5.97 Å². The molecule has 1 aromatic carbocycles. The van der Waals surface area contributed by atoms with Gasteiger partial charge in [0.15, 0.2) is 12.4 Å². The molecule has 8 heteroatoms. The first kappa shape index (κ1) is 18.0. The van der Waals surface area contributed by atoms with Crippen LogP contribution in [0.15, 0.2) is 41.0 Å². The highest BCUT2D eigenvalue weighted by Crippen LogP contribution is 2.21. The quantitative estimate of drug-likeness (QED) is 0.598. The Labute approximate surface area is 147 Å². The van der Waals surface area contributed by atoms with Crippen molar-refractivity contribution >= 4 is 40.9 Å². The van der Waals surface area contributed by atoms with Gasteiger partial charge in [0.2, 0.25) is 5.78 Å². The van der Waals surface area contributed by atoms with Crippen molar-refractivity contribution in [2.75, 3.05) is 13.2 Å². The molecule has 0 aliphatic heterocycles. The summed E-state index contributed by atoms with van der Waals surface area (Å²) in [7, 11) is 0. The number of halogens is 2. The van der Waals surface area contributed by atoms with Gasteiger partial charge in [-0.3, -0.25) is 14.4 Å². The monoisotopic (exact) mass is 369 g/mol. The van der Waals surface area contributed by atoms with Crippen molar-refractivity contribution in [2.45, 2.75) is 6.42 Å². The van der Waals surface area contributed by atoms with Crippen LogP contribution in [0.2, 0.25) is 10.0 Å². The highest BCUT2D eigenvalue weighted by molar-refractivity contribution is 6.36. The number of furan rings is 1. The largest absolute Gasteiger partial charge is 0.459 e. The number of carbonyl (C=O) groups is 3. The van der Waals surface area contributed by atoms with Crippen LogP contribution in [-0.2, 0) is 9.53 Å². The van der Waals surface area contributed by atoms with Crippen molar-refractivity contribution in [2.24, 2.45) is 0 Å². The Balaban J connectivity index is 1.73. The van der Waals surface area contributed by atoms with Gasteiger partial charge in [-0.15, -0.1) is 0 Å². The van der Waals surface area contributed by atoms with Crippen LogP contribution in [-0.4, -0.2) is 30.8 Å². The van der Waals surface area contributed by atoms with Gasteiger partial charge in [-0.25, -0.2) is 0 Å². The average molecular weight is 370 g/mol. The molecule has 6 nitrogen and oxygen atoms in total. The highest BCUT2D eigenvalue weighted by atomic mass is 35.5. The normalized spacial score (nSPS) is 10.2. The molecule has 24 heavy (non-hydrogen) atoms. The minimum absolute atomic E-state index is 0.0637. The van der Waals surface area contributed by atoms with Crippen LogP contribution in [0, 0.1) is 0 Å². The molecule has 0 aliphatic rings. The first-order valence-corrected chi connectivity index (χ1v) is 7.68.